The Morgan fingerprint density at radius 2 is 1.97 bits per heavy atom. The van der Waals surface area contributed by atoms with Gasteiger partial charge in [0.2, 0.25) is 0 Å². The summed E-state index contributed by atoms with van der Waals surface area (Å²) >= 11 is 4.77. The fourth-order valence-corrected chi connectivity index (χ4v) is 3.95. The molecule has 1 aromatic carbocycles. The maximum atomic E-state index is 13.2. The Kier molecular flexibility index (Phi) is 5.35. The zero-order chi connectivity index (χ0) is 21.4. The van der Waals surface area contributed by atoms with Crippen LogP contribution in [0.5, 0.6) is 0 Å². The first-order chi connectivity index (χ1) is 14.3. The summed E-state index contributed by atoms with van der Waals surface area (Å²) in [6, 6.07) is 9.67. The minimum absolute atomic E-state index is 0.151. The lowest BCUT2D eigenvalue weighted by Gasteiger charge is -2.16. The van der Waals surface area contributed by atoms with Crippen LogP contribution in [0.15, 0.2) is 52.0 Å². The Morgan fingerprint density at radius 3 is 2.67 bits per heavy atom. The van der Waals surface area contributed by atoms with Gasteiger partial charge in [-0.15, -0.1) is 11.3 Å². The molecule has 30 heavy (non-hydrogen) atoms. The summed E-state index contributed by atoms with van der Waals surface area (Å²) in [5.74, 6) is -0.756. The Balaban J connectivity index is 1.82. The van der Waals surface area contributed by atoms with Crippen molar-refractivity contribution in [1.29, 1.82) is 0 Å². The predicted molar refractivity (Wildman–Crippen MR) is 118 cm³/mol. The normalized spacial score (nSPS) is 11.8. The number of carbonyl (C=O) groups is 1. The highest BCUT2D eigenvalue weighted by Crippen LogP contribution is 2.34. The topological polar surface area (TPSA) is 83.6 Å². The van der Waals surface area contributed by atoms with Gasteiger partial charge in [-0.3, -0.25) is 0 Å². The van der Waals surface area contributed by atoms with Crippen LogP contribution in [-0.4, -0.2) is 37.7 Å². The van der Waals surface area contributed by atoms with E-state index in [4.69, 9.17) is 0 Å². The van der Waals surface area contributed by atoms with E-state index in [1.165, 1.54) is 36.5 Å². The molecule has 1 N–H and O–H groups in total. The molecule has 0 saturated carbocycles. The Hall–Kier alpha value is -3.11. The lowest BCUT2D eigenvalue weighted by atomic mass is 10.2. The summed E-state index contributed by atoms with van der Waals surface area (Å²) < 4.78 is 15.5. The molecule has 0 bridgehead atoms. The smallest absolute Gasteiger partial charge is 0.331 e. The summed E-state index contributed by atoms with van der Waals surface area (Å²) in [6.45, 7) is 1.51. The van der Waals surface area contributed by atoms with Crippen molar-refractivity contribution in [1.82, 2.24) is 19.6 Å². The molecule has 0 aliphatic carbocycles. The molecule has 0 aliphatic heterocycles. The third-order valence-electron chi connectivity index (χ3n) is 4.37. The van der Waals surface area contributed by atoms with Gasteiger partial charge in [0, 0.05) is 23.6 Å². The number of carboxylic acids is 1. The van der Waals surface area contributed by atoms with E-state index < -0.39 is 5.97 Å². The minimum atomic E-state index is -1.03. The van der Waals surface area contributed by atoms with Crippen LogP contribution in [-0.2, 0) is 4.79 Å². The second-order valence-electron chi connectivity index (χ2n) is 6.46. The summed E-state index contributed by atoms with van der Waals surface area (Å²) in [5, 5.41) is 16.3. The van der Waals surface area contributed by atoms with Crippen LogP contribution in [0.2, 0.25) is 0 Å². The molecule has 10 heteroatoms. The van der Waals surface area contributed by atoms with Gasteiger partial charge in [0.05, 0.1) is 5.69 Å². The van der Waals surface area contributed by atoms with Gasteiger partial charge in [-0.1, -0.05) is 0 Å². The molecule has 0 amide bonds. The standard InChI is InChI=1S/C20H15BrFN5O2S/c1-11(19(28)29)9-14-18(27-17(23-14)8-7-16(21)25-27)26(2)20-24-15(10-30-20)12-3-5-13(22)6-4-12/h3-10H,1-2H3,(H,28,29). The SMILES string of the molecule is CC(=Cc1nc2ccc(Br)nn2c1N(C)c1nc(-c2ccc(F)cc2)cs1)C(=O)O. The average molecular weight is 488 g/mol. The molecule has 152 valence electrons. The zero-order valence-corrected chi connectivity index (χ0v) is 18.3. The molecule has 4 rings (SSSR count). The monoisotopic (exact) mass is 487 g/mol. The van der Waals surface area contributed by atoms with E-state index in [1.807, 2.05) is 12.4 Å². The molecule has 0 radical (unpaired) electrons. The molecule has 0 spiro atoms. The van der Waals surface area contributed by atoms with Crippen molar-refractivity contribution in [3.05, 3.63) is 63.5 Å². The fourth-order valence-electron chi connectivity index (χ4n) is 2.86. The van der Waals surface area contributed by atoms with E-state index >= 15 is 0 Å². The Labute approximate surface area is 183 Å². The molecule has 3 heterocycles. The molecule has 0 saturated heterocycles. The number of halogens is 2. The van der Waals surface area contributed by atoms with Crippen LogP contribution >= 0.6 is 27.3 Å². The second kappa shape index (κ2) is 7.96. The third kappa shape index (κ3) is 3.83. The molecule has 0 fully saturated rings. The number of anilines is 2. The first kappa shape index (κ1) is 20.2. The summed E-state index contributed by atoms with van der Waals surface area (Å²) in [4.78, 5) is 22.3. The molecule has 0 aliphatic rings. The van der Waals surface area contributed by atoms with E-state index in [9.17, 15) is 14.3 Å². The number of aromatic nitrogens is 4. The number of rotatable bonds is 5. The lowest BCUT2D eigenvalue weighted by Crippen LogP contribution is -2.14. The lowest BCUT2D eigenvalue weighted by molar-refractivity contribution is -0.132. The Morgan fingerprint density at radius 1 is 1.23 bits per heavy atom. The molecule has 4 aromatic rings. The van der Waals surface area contributed by atoms with Crippen molar-refractivity contribution in [2.45, 2.75) is 6.92 Å². The van der Waals surface area contributed by atoms with E-state index in [0.717, 1.165) is 5.56 Å². The van der Waals surface area contributed by atoms with Crippen molar-refractivity contribution in [2.75, 3.05) is 11.9 Å². The summed E-state index contributed by atoms with van der Waals surface area (Å²) in [6.07, 6.45) is 1.51. The number of nitrogens with zero attached hydrogens (tertiary/aromatic N) is 5. The van der Waals surface area contributed by atoms with Crippen molar-refractivity contribution in [3.8, 4) is 11.3 Å². The first-order valence-corrected chi connectivity index (χ1v) is 10.4. The number of hydrogen-bond acceptors (Lipinski definition) is 6. The maximum absolute atomic E-state index is 13.2. The highest BCUT2D eigenvalue weighted by Gasteiger charge is 2.21. The highest BCUT2D eigenvalue weighted by molar-refractivity contribution is 9.10. The molecular weight excluding hydrogens is 473 g/mol. The van der Waals surface area contributed by atoms with Crippen LogP contribution in [0.3, 0.4) is 0 Å². The van der Waals surface area contributed by atoms with Gasteiger partial charge >= 0.3 is 5.97 Å². The van der Waals surface area contributed by atoms with Gasteiger partial charge in [-0.05, 0) is 65.3 Å². The third-order valence-corrected chi connectivity index (χ3v) is 5.71. The number of imidazole rings is 1. The second-order valence-corrected chi connectivity index (χ2v) is 8.11. The number of benzene rings is 1. The minimum Gasteiger partial charge on any atom is -0.478 e. The van der Waals surface area contributed by atoms with Crippen LogP contribution in [0, 0.1) is 5.82 Å². The summed E-state index contributed by atoms with van der Waals surface area (Å²) in [7, 11) is 1.81. The van der Waals surface area contributed by atoms with Crippen molar-refractivity contribution >= 4 is 55.9 Å². The quantitative estimate of drug-likeness (QED) is 0.398. The molecule has 7 nitrogen and oxygen atoms in total. The van der Waals surface area contributed by atoms with Gasteiger partial charge in [0.25, 0.3) is 0 Å². The molecular formula is C20H15BrFN5O2S. The number of thiazole rings is 1. The van der Waals surface area contributed by atoms with Crippen LogP contribution < -0.4 is 4.90 Å². The number of hydrogen-bond donors (Lipinski definition) is 1. The van der Waals surface area contributed by atoms with Gasteiger partial charge in [-0.25, -0.2) is 19.2 Å². The van der Waals surface area contributed by atoms with E-state index in [2.05, 4.69) is 31.0 Å². The maximum Gasteiger partial charge on any atom is 0.331 e. The van der Waals surface area contributed by atoms with Crippen molar-refractivity contribution < 1.29 is 14.3 Å². The highest BCUT2D eigenvalue weighted by atomic mass is 79.9. The van der Waals surface area contributed by atoms with Crippen LogP contribution in [0.1, 0.15) is 12.6 Å². The fraction of sp³-hybridized carbons (Fsp3) is 0.100. The van der Waals surface area contributed by atoms with Gasteiger partial charge in [0.15, 0.2) is 16.6 Å². The van der Waals surface area contributed by atoms with Gasteiger partial charge in [0.1, 0.15) is 16.1 Å². The van der Waals surface area contributed by atoms with E-state index in [0.29, 0.717) is 32.6 Å². The molecule has 0 unspecified atom stereocenters. The first-order valence-electron chi connectivity index (χ1n) is 8.75. The van der Waals surface area contributed by atoms with Gasteiger partial charge in [-0.2, -0.15) is 9.61 Å². The van der Waals surface area contributed by atoms with E-state index in [-0.39, 0.29) is 11.4 Å². The Bertz CT molecular complexity index is 1280. The number of aliphatic carboxylic acids is 1. The number of fused-ring (bicyclic) bond motifs is 1. The predicted octanol–water partition coefficient (Wildman–Crippen LogP) is 5.01. The molecule has 3 aromatic heterocycles. The largest absolute Gasteiger partial charge is 0.478 e. The molecule has 0 atom stereocenters. The van der Waals surface area contributed by atoms with Crippen LogP contribution in [0.25, 0.3) is 23.0 Å². The van der Waals surface area contributed by atoms with Gasteiger partial charge < -0.3 is 10.0 Å². The summed E-state index contributed by atoms with van der Waals surface area (Å²) in [5.41, 5.74) is 2.69. The van der Waals surface area contributed by atoms with Crippen molar-refractivity contribution in [3.63, 3.8) is 0 Å². The van der Waals surface area contributed by atoms with Crippen LogP contribution in [0.4, 0.5) is 15.3 Å². The van der Waals surface area contributed by atoms with E-state index in [1.54, 1.807) is 33.7 Å². The number of carboxylic acid groups (broad SMARTS) is 1. The van der Waals surface area contributed by atoms with Crippen molar-refractivity contribution in [2.24, 2.45) is 0 Å². The average Bonchev–Trinajstić information content (AvgIpc) is 3.33. The zero-order valence-electron chi connectivity index (χ0n) is 15.9.